The van der Waals surface area contributed by atoms with Crippen molar-refractivity contribution in [2.24, 2.45) is 0 Å². The molecule has 0 aromatic heterocycles. The summed E-state index contributed by atoms with van der Waals surface area (Å²) in [5.41, 5.74) is 4.45. The van der Waals surface area contributed by atoms with Gasteiger partial charge in [-0.25, -0.2) is 0 Å². The highest BCUT2D eigenvalue weighted by Crippen LogP contribution is 2.56. The number of hydrogen-bond acceptors (Lipinski definition) is 2. The molecule has 0 saturated carbocycles. The van der Waals surface area contributed by atoms with Crippen molar-refractivity contribution in [3.05, 3.63) is 59.7 Å². The summed E-state index contributed by atoms with van der Waals surface area (Å²) >= 11 is 0. The fraction of sp³-hybridized carbons (Fsp3) is 0.333. The van der Waals surface area contributed by atoms with E-state index in [0.717, 1.165) is 36.4 Å². The quantitative estimate of drug-likeness (QED) is 0.522. The van der Waals surface area contributed by atoms with E-state index in [4.69, 9.17) is 11.5 Å². The SMILES string of the molecule is CCC.Nc1ccc(C(c2cccc(N)c2)(C(F)(F)F)C(F)(F)F)cc1. The van der Waals surface area contributed by atoms with E-state index in [-0.39, 0.29) is 11.4 Å². The first kappa shape index (κ1) is 21.7. The Hall–Kier alpha value is -2.38. The molecule has 0 radical (unpaired) electrons. The normalized spacial score (nSPS) is 12.3. The second-order valence-electron chi connectivity index (χ2n) is 5.70. The van der Waals surface area contributed by atoms with Crippen LogP contribution in [0.1, 0.15) is 31.4 Å². The van der Waals surface area contributed by atoms with E-state index in [9.17, 15) is 26.3 Å². The van der Waals surface area contributed by atoms with Gasteiger partial charge in [-0.1, -0.05) is 44.5 Å². The predicted molar refractivity (Wildman–Crippen MR) is 90.6 cm³/mol. The third-order valence-corrected chi connectivity index (χ3v) is 3.51. The lowest BCUT2D eigenvalue weighted by Crippen LogP contribution is -2.54. The summed E-state index contributed by atoms with van der Waals surface area (Å²) in [6.45, 7) is 4.25. The van der Waals surface area contributed by atoms with Crippen LogP contribution in [0, 0.1) is 0 Å². The van der Waals surface area contributed by atoms with Crippen LogP contribution in [0.3, 0.4) is 0 Å². The summed E-state index contributed by atoms with van der Waals surface area (Å²) in [5.74, 6) is 0. The third kappa shape index (κ3) is 4.05. The van der Waals surface area contributed by atoms with E-state index >= 15 is 0 Å². The molecular formula is C18H20F6N2. The molecule has 8 heteroatoms. The van der Waals surface area contributed by atoms with E-state index in [1.165, 1.54) is 12.5 Å². The van der Waals surface area contributed by atoms with Crippen molar-refractivity contribution in [2.45, 2.75) is 38.0 Å². The second kappa shape index (κ2) is 7.88. The van der Waals surface area contributed by atoms with Crippen LogP contribution in [0.25, 0.3) is 0 Å². The molecule has 2 rings (SSSR count). The Morgan fingerprint density at radius 2 is 1.15 bits per heavy atom. The van der Waals surface area contributed by atoms with Crippen molar-refractivity contribution in [2.75, 3.05) is 11.5 Å². The van der Waals surface area contributed by atoms with Gasteiger partial charge in [0.25, 0.3) is 0 Å². The Bertz CT molecular complexity index is 691. The molecule has 0 bridgehead atoms. The zero-order valence-electron chi connectivity index (χ0n) is 14.2. The van der Waals surface area contributed by atoms with Crippen molar-refractivity contribution < 1.29 is 26.3 Å². The van der Waals surface area contributed by atoms with Crippen LogP contribution in [-0.4, -0.2) is 12.4 Å². The maximum Gasteiger partial charge on any atom is 0.411 e. The second-order valence-corrected chi connectivity index (χ2v) is 5.70. The van der Waals surface area contributed by atoms with E-state index in [0.29, 0.717) is 6.07 Å². The molecule has 0 aliphatic carbocycles. The molecule has 2 aromatic carbocycles. The molecule has 4 N–H and O–H groups in total. The van der Waals surface area contributed by atoms with E-state index in [1.54, 1.807) is 0 Å². The molecule has 2 aromatic rings. The van der Waals surface area contributed by atoms with E-state index in [1.807, 2.05) is 0 Å². The molecule has 0 fully saturated rings. The molecule has 0 aliphatic heterocycles. The number of anilines is 2. The Kier molecular flexibility index (Phi) is 6.57. The van der Waals surface area contributed by atoms with Gasteiger partial charge in [0.15, 0.2) is 0 Å². The number of alkyl halides is 6. The minimum Gasteiger partial charge on any atom is -0.399 e. The zero-order valence-corrected chi connectivity index (χ0v) is 14.2. The first-order valence-electron chi connectivity index (χ1n) is 7.77. The molecule has 0 atom stereocenters. The highest BCUT2D eigenvalue weighted by atomic mass is 19.4. The van der Waals surface area contributed by atoms with Crippen molar-refractivity contribution in [1.29, 1.82) is 0 Å². The van der Waals surface area contributed by atoms with Crippen molar-refractivity contribution >= 4 is 11.4 Å². The summed E-state index contributed by atoms with van der Waals surface area (Å²) in [6, 6.07) is 7.13. The molecule has 144 valence electrons. The maximum atomic E-state index is 13.7. The topological polar surface area (TPSA) is 52.0 Å². The maximum absolute atomic E-state index is 13.7. The summed E-state index contributed by atoms with van der Waals surface area (Å²) < 4.78 is 82.1. The van der Waals surface area contributed by atoms with Crippen LogP contribution in [0.4, 0.5) is 37.7 Å². The first-order chi connectivity index (χ1) is 11.9. The lowest BCUT2D eigenvalue weighted by molar-refractivity contribution is -0.288. The smallest absolute Gasteiger partial charge is 0.399 e. The Morgan fingerprint density at radius 3 is 1.54 bits per heavy atom. The number of halogens is 6. The number of nitrogen functional groups attached to an aromatic ring is 2. The molecule has 0 amide bonds. The van der Waals surface area contributed by atoms with Gasteiger partial charge in [-0.2, -0.15) is 26.3 Å². The van der Waals surface area contributed by atoms with Crippen molar-refractivity contribution in [3.63, 3.8) is 0 Å². The van der Waals surface area contributed by atoms with Crippen LogP contribution >= 0.6 is 0 Å². The zero-order chi connectivity index (χ0) is 20.2. The Labute approximate surface area is 147 Å². The minimum atomic E-state index is -5.63. The lowest BCUT2D eigenvalue weighted by Gasteiger charge is -2.38. The number of nitrogens with two attached hydrogens (primary N) is 2. The van der Waals surface area contributed by atoms with E-state index < -0.39 is 28.9 Å². The van der Waals surface area contributed by atoms with Gasteiger partial charge >= 0.3 is 12.4 Å². The molecule has 0 aliphatic rings. The minimum absolute atomic E-state index is 0.0552. The predicted octanol–water partition coefficient (Wildman–Crippen LogP) is 5.68. The van der Waals surface area contributed by atoms with Crippen LogP contribution in [0.2, 0.25) is 0 Å². The van der Waals surface area contributed by atoms with Gasteiger partial charge in [-0.3, -0.25) is 0 Å². The van der Waals surface area contributed by atoms with Gasteiger partial charge in [-0.15, -0.1) is 0 Å². The Balaban J connectivity index is 0.00000105. The third-order valence-electron chi connectivity index (χ3n) is 3.51. The van der Waals surface area contributed by atoms with Gasteiger partial charge in [0.1, 0.15) is 0 Å². The summed E-state index contributed by atoms with van der Waals surface area (Å²) in [4.78, 5) is 0. The number of benzene rings is 2. The largest absolute Gasteiger partial charge is 0.411 e. The molecule has 0 unspecified atom stereocenters. The first-order valence-corrected chi connectivity index (χ1v) is 7.77. The van der Waals surface area contributed by atoms with Gasteiger partial charge in [0.05, 0.1) is 0 Å². The number of hydrogen-bond donors (Lipinski definition) is 2. The summed E-state index contributed by atoms with van der Waals surface area (Å²) in [5, 5.41) is 0. The fourth-order valence-corrected chi connectivity index (χ4v) is 2.49. The van der Waals surface area contributed by atoms with Crippen LogP contribution in [0.15, 0.2) is 48.5 Å². The number of rotatable bonds is 2. The molecule has 0 spiro atoms. The standard InChI is InChI=1S/C15H12F6N2.C3H8/c16-14(17,18)13(15(19,20)21,9-4-6-11(22)7-5-9)10-2-1-3-12(23)8-10;1-3-2/h1-8H,22-23H2;3H2,1-2H3. The Morgan fingerprint density at radius 1 is 0.692 bits per heavy atom. The van der Waals surface area contributed by atoms with Crippen LogP contribution in [0.5, 0.6) is 0 Å². The summed E-state index contributed by atoms with van der Waals surface area (Å²) in [6.07, 6.45) is -10.0. The molecule has 0 heterocycles. The van der Waals surface area contributed by atoms with Crippen molar-refractivity contribution in [3.8, 4) is 0 Å². The van der Waals surface area contributed by atoms with Gasteiger partial charge in [-0.05, 0) is 35.4 Å². The average Bonchev–Trinajstić information content (AvgIpc) is 2.48. The fourth-order valence-electron chi connectivity index (χ4n) is 2.49. The van der Waals surface area contributed by atoms with E-state index in [2.05, 4.69) is 13.8 Å². The molecule has 2 nitrogen and oxygen atoms in total. The van der Waals surface area contributed by atoms with Gasteiger partial charge < -0.3 is 11.5 Å². The highest BCUT2D eigenvalue weighted by molar-refractivity contribution is 5.52. The lowest BCUT2D eigenvalue weighted by atomic mass is 9.72. The molecular weight excluding hydrogens is 358 g/mol. The van der Waals surface area contributed by atoms with Crippen molar-refractivity contribution in [1.82, 2.24) is 0 Å². The van der Waals surface area contributed by atoms with Crippen LogP contribution < -0.4 is 11.5 Å². The monoisotopic (exact) mass is 378 g/mol. The summed E-state index contributed by atoms with van der Waals surface area (Å²) in [7, 11) is 0. The molecule has 0 saturated heterocycles. The van der Waals surface area contributed by atoms with Gasteiger partial charge in [0, 0.05) is 11.4 Å². The van der Waals surface area contributed by atoms with Crippen LogP contribution in [-0.2, 0) is 5.41 Å². The average molecular weight is 378 g/mol. The highest BCUT2D eigenvalue weighted by Gasteiger charge is 2.72. The molecule has 26 heavy (non-hydrogen) atoms. The van der Waals surface area contributed by atoms with Gasteiger partial charge in [0.2, 0.25) is 5.41 Å².